The summed E-state index contributed by atoms with van der Waals surface area (Å²) in [6.45, 7) is 3.97. The van der Waals surface area contributed by atoms with E-state index < -0.39 is 17.5 Å². The fraction of sp³-hybridized carbons (Fsp3) is 0.238. The highest BCUT2D eigenvalue weighted by Crippen LogP contribution is 2.19. The lowest BCUT2D eigenvalue weighted by atomic mass is 10.1. The summed E-state index contributed by atoms with van der Waals surface area (Å²) in [6.07, 6.45) is 1.22. The molecule has 0 bridgehead atoms. The Balaban J connectivity index is 1.70. The van der Waals surface area contributed by atoms with Gasteiger partial charge in [0.1, 0.15) is 5.69 Å². The highest BCUT2D eigenvalue weighted by Gasteiger charge is 2.21. The van der Waals surface area contributed by atoms with Gasteiger partial charge in [0.05, 0.1) is 11.1 Å². The summed E-state index contributed by atoms with van der Waals surface area (Å²) in [5, 5.41) is 10.8. The predicted octanol–water partition coefficient (Wildman–Crippen LogP) is 3.44. The molecule has 0 aliphatic heterocycles. The molecule has 0 aliphatic carbocycles. The van der Waals surface area contributed by atoms with Crippen LogP contribution in [0.1, 0.15) is 37.8 Å². The van der Waals surface area contributed by atoms with Gasteiger partial charge in [-0.05, 0) is 25.5 Å². The molecule has 0 aliphatic rings. The van der Waals surface area contributed by atoms with E-state index in [0.717, 1.165) is 23.0 Å². The number of benzene rings is 1. The highest BCUT2D eigenvalue weighted by atomic mass is 16.6. The van der Waals surface area contributed by atoms with E-state index in [1.54, 1.807) is 6.07 Å². The molecule has 2 heterocycles. The molecule has 0 radical (unpaired) electrons. The second-order valence-electron chi connectivity index (χ2n) is 6.81. The van der Waals surface area contributed by atoms with E-state index in [-0.39, 0.29) is 17.2 Å². The number of nitrogens with zero attached hydrogens (tertiary/aromatic N) is 3. The van der Waals surface area contributed by atoms with Crippen LogP contribution < -0.4 is 0 Å². The molecule has 1 aromatic carbocycles. The predicted molar refractivity (Wildman–Crippen MR) is 106 cm³/mol. The van der Waals surface area contributed by atoms with Crippen molar-refractivity contribution in [3.63, 3.8) is 0 Å². The molecule has 8 heteroatoms. The topological polar surface area (TPSA) is 96.4 Å². The molecule has 0 atom stereocenters. The second-order valence-corrected chi connectivity index (χ2v) is 6.81. The van der Waals surface area contributed by atoms with E-state index in [1.807, 2.05) is 48.7 Å². The molecule has 0 N–H and O–H groups in total. The molecular weight excluding hydrogens is 374 g/mol. The fourth-order valence-electron chi connectivity index (χ4n) is 3.23. The van der Waals surface area contributed by atoms with Crippen LogP contribution in [0.3, 0.4) is 0 Å². The van der Waals surface area contributed by atoms with Gasteiger partial charge < -0.3 is 13.9 Å². The lowest BCUT2D eigenvalue weighted by molar-refractivity contribution is -0.384. The monoisotopic (exact) mass is 395 g/mol. The third kappa shape index (κ3) is 4.26. The van der Waals surface area contributed by atoms with Crippen molar-refractivity contribution in [3.8, 4) is 0 Å². The molecule has 29 heavy (non-hydrogen) atoms. The number of hydrogen-bond donors (Lipinski definition) is 0. The number of aryl methyl sites for hydroxylation is 2. The zero-order chi connectivity index (χ0) is 21.1. The average Bonchev–Trinajstić information content (AvgIpc) is 3.22. The number of esters is 1. The third-order valence-electron chi connectivity index (χ3n) is 4.80. The number of nitro groups is 1. The zero-order valence-electron chi connectivity index (χ0n) is 16.4. The van der Waals surface area contributed by atoms with Gasteiger partial charge in [0, 0.05) is 36.6 Å². The number of hydrogen-bond acceptors (Lipinski definition) is 5. The average molecular weight is 395 g/mol. The Bertz CT molecular complexity index is 1080. The first-order chi connectivity index (χ1) is 13.8. The van der Waals surface area contributed by atoms with E-state index in [4.69, 9.17) is 4.74 Å². The number of carbonyl (C=O) groups is 2. The number of ether oxygens (including phenoxy) is 1. The fourth-order valence-corrected chi connectivity index (χ4v) is 3.23. The van der Waals surface area contributed by atoms with Gasteiger partial charge in [-0.25, -0.2) is 4.79 Å². The van der Waals surface area contributed by atoms with Gasteiger partial charge in [-0.15, -0.1) is 0 Å². The third-order valence-corrected chi connectivity index (χ3v) is 4.80. The van der Waals surface area contributed by atoms with Crippen LogP contribution in [0, 0.1) is 24.0 Å². The molecule has 3 rings (SSSR count). The summed E-state index contributed by atoms with van der Waals surface area (Å²) >= 11 is 0. The summed E-state index contributed by atoms with van der Waals surface area (Å²) in [4.78, 5) is 35.1. The molecule has 0 fully saturated rings. The van der Waals surface area contributed by atoms with Gasteiger partial charge in [-0.3, -0.25) is 14.9 Å². The summed E-state index contributed by atoms with van der Waals surface area (Å²) in [6, 6.07) is 12.8. The molecule has 8 nitrogen and oxygen atoms in total. The number of rotatable bonds is 7. The Morgan fingerprint density at radius 3 is 2.45 bits per heavy atom. The van der Waals surface area contributed by atoms with Crippen molar-refractivity contribution in [2.75, 3.05) is 6.61 Å². The maximum Gasteiger partial charge on any atom is 0.355 e. The Labute approximate surface area is 167 Å². The van der Waals surface area contributed by atoms with E-state index in [1.165, 1.54) is 17.8 Å². The molecule has 0 spiro atoms. The van der Waals surface area contributed by atoms with Crippen LogP contribution >= 0.6 is 0 Å². The lowest BCUT2D eigenvalue weighted by Crippen LogP contribution is -2.17. The number of Topliss-reactive ketones (excluding diaryl/α,β-unsaturated/α-hetero) is 1. The molecule has 150 valence electrons. The minimum atomic E-state index is -0.785. The van der Waals surface area contributed by atoms with Crippen molar-refractivity contribution in [2.45, 2.75) is 20.4 Å². The number of carbonyl (C=O) groups excluding carboxylic acids is 2. The van der Waals surface area contributed by atoms with E-state index >= 15 is 0 Å². The molecule has 0 saturated heterocycles. The molecule has 0 amide bonds. The van der Waals surface area contributed by atoms with Crippen LogP contribution in [-0.2, 0) is 18.3 Å². The lowest BCUT2D eigenvalue weighted by Gasteiger charge is -2.10. The Kier molecular flexibility index (Phi) is 5.63. The molecule has 0 unspecified atom stereocenters. The van der Waals surface area contributed by atoms with Crippen molar-refractivity contribution >= 4 is 17.4 Å². The Morgan fingerprint density at radius 1 is 1.14 bits per heavy atom. The van der Waals surface area contributed by atoms with E-state index in [9.17, 15) is 19.7 Å². The zero-order valence-corrected chi connectivity index (χ0v) is 16.4. The van der Waals surface area contributed by atoms with Crippen molar-refractivity contribution in [1.82, 2.24) is 9.13 Å². The molecule has 2 aromatic heterocycles. The Hall–Kier alpha value is -3.68. The largest absolute Gasteiger partial charge is 0.453 e. The van der Waals surface area contributed by atoms with Crippen molar-refractivity contribution in [3.05, 3.63) is 87.0 Å². The van der Waals surface area contributed by atoms with Gasteiger partial charge in [0.15, 0.2) is 6.61 Å². The van der Waals surface area contributed by atoms with Gasteiger partial charge in [-0.1, -0.05) is 30.3 Å². The second kappa shape index (κ2) is 8.14. The summed E-state index contributed by atoms with van der Waals surface area (Å²) in [7, 11) is 1.50. The van der Waals surface area contributed by atoms with Gasteiger partial charge in [0.2, 0.25) is 5.78 Å². The standard InChI is InChI=1S/C21H21N3O5/c1-14-9-18(15(2)23(14)11-16-7-5-4-6-8-16)20(25)13-29-21(26)19-10-17(24(27)28)12-22(19)3/h4-10,12H,11,13H2,1-3H3. The van der Waals surface area contributed by atoms with Crippen LogP contribution in [0.25, 0.3) is 0 Å². The first-order valence-corrected chi connectivity index (χ1v) is 8.99. The number of aromatic nitrogens is 2. The van der Waals surface area contributed by atoms with Gasteiger partial charge in [-0.2, -0.15) is 0 Å². The summed E-state index contributed by atoms with van der Waals surface area (Å²) in [5.74, 6) is -1.11. The number of ketones is 1. The van der Waals surface area contributed by atoms with Crippen LogP contribution in [0.5, 0.6) is 0 Å². The summed E-state index contributed by atoms with van der Waals surface area (Å²) in [5.41, 5.74) is 3.13. The maximum absolute atomic E-state index is 12.6. The van der Waals surface area contributed by atoms with Crippen molar-refractivity contribution < 1.29 is 19.2 Å². The molecule has 0 saturated carbocycles. The molecule has 3 aromatic rings. The van der Waals surface area contributed by atoms with Crippen LogP contribution in [-0.4, -0.2) is 32.4 Å². The van der Waals surface area contributed by atoms with E-state index in [2.05, 4.69) is 0 Å². The smallest absolute Gasteiger partial charge is 0.355 e. The van der Waals surface area contributed by atoms with Crippen molar-refractivity contribution in [1.29, 1.82) is 0 Å². The Morgan fingerprint density at radius 2 is 1.83 bits per heavy atom. The maximum atomic E-state index is 12.6. The quantitative estimate of drug-likeness (QED) is 0.264. The highest BCUT2D eigenvalue weighted by molar-refractivity contribution is 6.00. The van der Waals surface area contributed by atoms with E-state index in [0.29, 0.717) is 12.1 Å². The first kappa shape index (κ1) is 20.1. The first-order valence-electron chi connectivity index (χ1n) is 8.99. The van der Waals surface area contributed by atoms with Crippen LogP contribution in [0.4, 0.5) is 5.69 Å². The van der Waals surface area contributed by atoms with Crippen molar-refractivity contribution in [2.24, 2.45) is 7.05 Å². The van der Waals surface area contributed by atoms with Gasteiger partial charge >= 0.3 is 5.97 Å². The van der Waals surface area contributed by atoms with Crippen LogP contribution in [0.2, 0.25) is 0 Å². The molecular formula is C21H21N3O5. The van der Waals surface area contributed by atoms with Crippen LogP contribution in [0.15, 0.2) is 48.7 Å². The summed E-state index contributed by atoms with van der Waals surface area (Å²) < 4.78 is 8.43. The minimum Gasteiger partial charge on any atom is -0.453 e. The SMILES string of the molecule is Cc1cc(C(=O)COC(=O)c2cc([N+](=O)[O-])cn2C)c(C)n1Cc1ccccc1. The normalized spacial score (nSPS) is 10.7. The van der Waals surface area contributed by atoms with Gasteiger partial charge in [0.25, 0.3) is 5.69 Å². The minimum absolute atomic E-state index is 0.0130.